The smallest absolute Gasteiger partial charge is 0.0931 e. The van der Waals surface area contributed by atoms with Gasteiger partial charge in [-0.25, -0.2) is 0 Å². The van der Waals surface area contributed by atoms with Crippen molar-refractivity contribution in [3.8, 4) is 0 Å². The lowest BCUT2D eigenvalue weighted by molar-refractivity contribution is 0.606. The summed E-state index contributed by atoms with van der Waals surface area (Å²) in [6.45, 7) is 0. The predicted molar refractivity (Wildman–Crippen MR) is 85.8 cm³/mol. The predicted octanol–water partition coefficient (Wildman–Crippen LogP) is 4.85. The van der Waals surface area contributed by atoms with E-state index in [0.29, 0.717) is 6.04 Å². The summed E-state index contributed by atoms with van der Waals surface area (Å²) in [5.41, 5.74) is 1.59. The summed E-state index contributed by atoms with van der Waals surface area (Å²) in [5.74, 6) is 0. The second-order valence-corrected chi connectivity index (χ2v) is 8.02. The fraction of sp³-hybridized carbons (Fsp3) is 0.467. The number of fused-ring (bicyclic) bond motifs is 1. The first kappa shape index (κ1) is 13.6. The van der Waals surface area contributed by atoms with Crippen LogP contribution in [-0.2, 0) is 19.3 Å². The van der Waals surface area contributed by atoms with Crippen molar-refractivity contribution in [3.05, 3.63) is 42.7 Å². The fourth-order valence-corrected chi connectivity index (χ4v) is 5.19. The molecule has 2 aromatic rings. The highest BCUT2D eigenvalue weighted by Crippen LogP contribution is 2.35. The Hall–Kier alpha value is -0.350. The molecule has 2 aromatic heterocycles. The Morgan fingerprint density at radius 3 is 2.79 bits per heavy atom. The van der Waals surface area contributed by atoms with E-state index in [1.807, 2.05) is 17.4 Å². The molecular weight excluding hydrogens is 294 g/mol. The molecule has 0 aliphatic heterocycles. The molecule has 0 spiro atoms. The molecule has 1 atom stereocenters. The van der Waals surface area contributed by atoms with E-state index in [1.165, 1.54) is 35.4 Å². The van der Waals surface area contributed by atoms with E-state index in [2.05, 4.69) is 24.5 Å². The first-order valence-corrected chi connectivity index (χ1v) is 8.80. The van der Waals surface area contributed by atoms with Crippen molar-refractivity contribution < 1.29 is 0 Å². The van der Waals surface area contributed by atoms with Gasteiger partial charge >= 0.3 is 0 Å². The first-order valence-electron chi connectivity index (χ1n) is 6.79. The maximum atomic E-state index is 6.02. The third kappa shape index (κ3) is 3.05. The van der Waals surface area contributed by atoms with Crippen LogP contribution in [0.2, 0.25) is 4.34 Å². The second-order valence-electron chi connectivity index (χ2n) is 5.06. The van der Waals surface area contributed by atoms with Crippen molar-refractivity contribution in [2.75, 3.05) is 7.05 Å². The van der Waals surface area contributed by atoms with Gasteiger partial charge in [0.15, 0.2) is 0 Å². The second kappa shape index (κ2) is 5.96. The van der Waals surface area contributed by atoms with Crippen molar-refractivity contribution in [2.45, 2.75) is 38.1 Å². The van der Waals surface area contributed by atoms with E-state index in [0.717, 1.165) is 10.8 Å². The van der Waals surface area contributed by atoms with Crippen molar-refractivity contribution in [1.82, 2.24) is 5.32 Å². The minimum Gasteiger partial charge on any atom is -0.312 e. The molecule has 1 unspecified atom stereocenters. The molecule has 102 valence electrons. The number of rotatable bonds is 4. The summed E-state index contributed by atoms with van der Waals surface area (Å²) < 4.78 is 0.885. The number of thiophene rings is 2. The number of aryl methyl sites for hydroxylation is 2. The number of halogens is 1. The quantitative estimate of drug-likeness (QED) is 0.851. The summed E-state index contributed by atoms with van der Waals surface area (Å²) in [6, 6.07) is 6.99. The van der Waals surface area contributed by atoms with Crippen LogP contribution < -0.4 is 5.32 Å². The third-order valence-corrected chi connectivity index (χ3v) is 6.35. The van der Waals surface area contributed by atoms with Crippen LogP contribution in [0.25, 0.3) is 0 Å². The molecule has 1 aliphatic rings. The van der Waals surface area contributed by atoms with Gasteiger partial charge in [0, 0.05) is 27.1 Å². The van der Waals surface area contributed by atoms with Crippen LogP contribution in [0.4, 0.5) is 0 Å². The van der Waals surface area contributed by atoms with Gasteiger partial charge < -0.3 is 5.32 Å². The van der Waals surface area contributed by atoms with E-state index in [9.17, 15) is 0 Å². The Bertz CT molecular complexity index is 535. The maximum Gasteiger partial charge on any atom is 0.0931 e. The summed E-state index contributed by atoms with van der Waals surface area (Å²) >= 11 is 9.71. The Kier molecular flexibility index (Phi) is 4.27. The van der Waals surface area contributed by atoms with E-state index < -0.39 is 0 Å². The maximum absolute atomic E-state index is 6.02. The van der Waals surface area contributed by atoms with Crippen LogP contribution >= 0.6 is 34.3 Å². The Morgan fingerprint density at radius 2 is 2.11 bits per heavy atom. The lowest BCUT2D eigenvalue weighted by atomic mass is 9.98. The molecule has 2 heterocycles. The molecule has 0 fully saturated rings. The number of hydrogen-bond acceptors (Lipinski definition) is 3. The van der Waals surface area contributed by atoms with E-state index >= 15 is 0 Å². The van der Waals surface area contributed by atoms with Gasteiger partial charge in [0.25, 0.3) is 0 Å². The average Bonchev–Trinajstić information content (AvgIpc) is 3.01. The summed E-state index contributed by atoms with van der Waals surface area (Å²) in [7, 11) is 2.05. The van der Waals surface area contributed by atoms with Gasteiger partial charge in [-0.15, -0.1) is 22.7 Å². The topological polar surface area (TPSA) is 12.0 Å². The standard InChI is InChI=1S/C15H18ClNS2/c1-17-12(9-11-6-7-15(16)18-11)14-8-10-4-2-3-5-13(10)19-14/h6-8,12,17H,2-5,9H2,1H3. The fourth-order valence-electron chi connectivity index (χ4n) is 2.69. The molecule has 1 aliphatic carbocycles. The SMILES string of the molecule is CNC(Cc1ccc(Cl)s1)c1cc2c(s1)CCCC2. The average molecular weight is 312 g/mol. The van der Waals surface area contributed by atoms with Crippen molar-refractivity contribution in [2.24, 2.45) is 0 Å². The first-order chi connectivity index (χ1) is 9.26. The molecule has 0 saturated heterocycles. The largest absolute Gasteiger partial charge is 0.312 e. The zero-order chi connectivity index (χ0) is 13.2. The van der Waals surface area contributed by atoms with E-state index in [4.69, 9.17) is 11.6 Å². The van der Waals surface area contributed by atoms with Crippen LogP contribution in [0, 0.1) is 0 Å². The van der Waals surface area contributed by atoms with Crippen LogP contribution in [0.15, 0.2) is 18.2 Å². The lowest BCUT2D eigenvalue weighted by Gasteiger charge is -2.13. The molecule has 0 saturated carbocycles. The molecule has 4 heteroatoms. The normalized spacial score (nSPS) is 16.3. The van der Waals surface area contributed by atoms with Gasteiger partial charge in [0.2, 0.25) is 0 Å². The number of hydrogen-bond donors (Lipinski definition) is 1. The molecule has 0 radical (unpaired) electrons. The Labute approximate surface area is 127 Å². The lowest BCUT2D eigenvalue weighted by Crippen LogP contribution is -2.17. The highest BCUT2D eigenvalue weighted by atomic mass is 35.5. The minimum absolute atomic E-state index is 0.422. The van der Waals surface area contributed by atoms with Gasteiger partial charge in [-0.2, -0.15) is 0 Å². The van der Waals surface area contributed by atoms with Gasteiger partial charge in [0.05, 0.1) is 4.34 Å². The van der Waals surface area contributed by atoms with Crippen molar-refractivity contribution in [3.63, 3.8) is 0 Å². The molecule has 3 rings (SSSR count). The van der Waals surface area contributed by atoms with E-state index in [-0.39, 0.29) is 0 Å². The van der Waals surface area contributed by atoms with Gasteiger partial charge in [-0.3, -0.25) is 0 Å². The molecule has 19 heavy (non-hydrogen) atoms. The molecule has 0 aromatic carbocycles. The molecule has 0 amide bonds. The van der Waals surface area contributed by atoms with Crippen LogP contribution in [0.3, 0.4) is 0 Å². The third-order valence-electron chi connectivity index (χ3n) is 3.74. The Balaban J connectivity index is 1.79. The zero-order valence-corrected chi connectivity index (χ0v) is 13.4. The van der Waals surface area contributed by atoms with Crippen LogP contribution in [0.1, 0.15) is 39.1 Å². The number of likely N-dealkylation sites (N-methyl/N-ethyl adjacent to an activating group) is 1. The van der Waals surface area contributed by atoms with Crippen LogP contribution in [-0.4, -0.2) is 7.05 Å². The van der Waals surface area contributed by atoms with Gasteiger partial charge in [0.1, 0.15) is 0 Å². The van der Waals surface area contributed by atoms with Crippen molar-refractivity contribution >= 4 is 34.3 Å². The van der Waals surface area contributed by atoms with Gasteiger partial charge in [-0.05, 0) is 56.5 Å². The van der Waals surface area contributed by atoms with Crippen LogP contribution in [0.5, 0.6) is 0 Å². The Morgan fingerprint density at radius 1 is 1.26 bits per heavy atom. The number of nitrogens with one attached hydrogen (secondary N) is 1. The minimum atomic E-state index is 0.422. The molecule has 1 nitrogen and oxygen atoms in total. The monoisotopic (exact) mass is 311 g/mol. The van der Waals surface area contributed by atoms with Gasteiger partial charge in [-0.1, -0.05) is 11.6 Å². The highest BCUT2D eigenvalue weighted by molar-refractivity contribution is 7.16. The summed E-state index contributed by atoms with van der Waals surface area (Å²) in [5, 5.41) is 3.46. The van der Waals surface area contributed by atoms with E-state index in [1.54, 1.807) is 21.8 Å². The highest BCUT2D eigenvalue weighted by Gasteiger charge is 2.19. The zero-order valence-electron chi connectivity index (χ0n) is 11.0. The molecule has 1 N–H and O–H groups in total. The summed E-state index contributed by atoms with van der Waals surface area (Å²) in [6.07, 6.45) is 6.30. The molecular formula is C15H18ClNS2. The summed E-state index contributed by atoms with van der Waals surface area (Å²) in [4.78, 5) is 4.46. The van der Waals surface area contributed by atoms with Crippen molar-refractivity contribution in [1.29, 1.82) is 0 Å². The molecule has 0 bridgehead atoms.